The van der Waals surface area contributed by atoms with Crippen molar-refractivity contribution >= 4 is 5.69 Å². The van der Waals surface area contributed by atoms with Crippen LogP contribution in [0.25, 0.3) is 0 Å². The highest BCUT2D eigenvalue weighted by molar-refractivity contribution is 5.40. The molecule has 1 N–H and O–H groups in total. The minimum Gasteiger partial charge on any atom is -1.00 e. The molecule has 1 aromatic carbocycles. The first-order chi connectivity index (χ1) is 5.17. The van der Waals surface area contributed by atoms with Crippen LogP contribution in [0.5, 0.6) is 0 Å². The average Bonchev–Trinajstić information content (AvgIpc) is 2.06. The van der Waals surface area contributed by atoms with Crippen molar-refractivity contribution < 1.29 is 22.1 Å². The topological polar surface area (TPSA) is 20.2 Å². The molecule has 2 nitrogen and oxygen atoms in total. The van der Waals surface area contributed by atoms with Crippen LogP contribution in [0.3, 0.4) is 0 Å². The number of hydrogen-bond acceptors (Lipinski definition) is 1. The fourth-order valence-electron chi connectivity index (χ4n) is 0.913. The lowest BCUT2D eigenvalue weighted by Gasteiger charge is -2.25. The monoisotopic (exact) mass is 231 g/mol. The van der Waals surface area contributed by atoms with E-state index in [1.807, 2.05) is 44.4 Å². The van der Waals surface area contributed by atoms with E-state index in [2.05, 4.69) is 0 Å². The van der Waals surface area contributed by atoms with Crippen molar-refractivity contribution in [1.29, 1.82) is 0 Å². The van der Waals surface area contributed by atoms with Crippen LogP contribution in [-0.4, -0.2) is 25.9 Å². The van der Waals surface area contributed by atoms with Crippen LogP contribution >= 0.6 is 0 Å². The SMILES string of the molecule is C[N+](C)(CO)c1ccccc1.[Br-]. The van der Waals surface area contributed by atoms with Gasteiger partial charge in [0.1, 0.15) is 5.69 Å². The Morgan fingerprint density at radius 3 is 2.08 bits per heavy atom. The number of nitrogens with zero attached hydrogens (tertiary/aromatic N) is 1. The molecule has 0 heterocycles. The summed E-state index contributed by atoms with van der Waals surface area (Å²) in [5.74, 6) is 0. The summed E-state index contributed by atoms with van der Waals surface area (Å²) in [4.78, 5) is 0. The first kappa shape index (κ1) is 11.6. The van der Waals surface area contributed by atoms with E-state index in [9.17, 15) is 0 Å². The van der Waals surface area contributed by atoms with E-state index in [-0.39, 0.29) is 23.7 Å². The molecule has 3 heteroatoms. The van der Waals surface area contributed by atoms with Crippen molar-refractivity contribution in [1.82, 2.24) is 4.48 Å². The van der Waals surface area contributed by atoms with Crippen LogP contribution < -0.4 is 21.5 Å². The number of para-hydroxylation sites is 1. The summed E-state index contributed by atoms with van der Waals surface area (Å²) >= 11 is 0. The summed E-state index contributed by atoms with van der Waals surface area (Å²) in [5.41, 5.74) is 1.12. The predicted molar refractivity (Wildman–Crippen MR) is 47.2 cm³/mol. The summed E-state index contributed by atoms with van der Waals surface area (Å²) in [6.07, 6.45) is 0. The summed E-state index contributed by atoms with van der Waals surface area (Å²) in [6.45, 7) is 0.129. The molecular weight excluding hydrogens is 218 g/mol. The molecule has 0 fully saturated rings. The van der Waals surface area contributed by atoms with E-state index in [4.69, 9.17) is 5.11 Å². The fourth-order valence-corrected chi connectivity index (χ4v) is 0.913. The van der Waals surface area contributed by atoms with Gasteiger partial charge in [-0.15, -0.1) is 0 Å². The van der Waals surface area contributed by atoms with Gasteiger partial charge in [0.15, 0.2) is 6.73 Å². The van der Waals surface area contributed by atoms with Crippen molar-refractivity contribution in [3.05, 3.63) is 30.3 Å². The quantitative estimate of drug-likeness (QED) is 0.471. The summed E-state index contributed by atoms with van der Waals surface area (Å²) in [5, 5.41) is 9.02. The minimum absolute atomic E-state index is 0. The van der Waals surface area contributed by atoms with Crippen LogP contribution in [0.15, 0.2) is 30.3 Å². The van der Waals surface area contributed by atoms with Crippen LogP contribution in [0.1, 0.15) is 0 Å². The van der Waals surface area contributed by atoms with Crippen LogP contribution in [0.2, 0.25) is 0 Å². The van der Waals surface area contributed by atoms with Crippen molar-refractivity contribution in [3.8, 4) is 0 Å². The first-order valence-electron chi connectivity index (χ1n) is 3.66. The molecule has 0 amide bonds. The molecule has 0 unspecified atom stereocenters. The van der Waals surface area contributed by atoms with Crippen LogP contribution in [0.4, 0.5) is 5.69 Å². The number of aliphatic hydroxyl groups is 1. The second-order valence-corrected chi connectivity index (χ2v) is 3.16. The normalized spacial score (nSPS) is 10.6. The average molecular weight is 232 g/mol. The molecule has 1 aromatic rings. The van der Waals surface area contributed by atoms with Gasteiger partial charge in [-0.1, -0.05) is 18.2 Å². The highest BCUT2D eigenvalue weighted by Crippen LogP contribution is 2.15. The third kappa shape index (κ3) is 2.59. The Balaban J connectivity index is 0.00000121. The molecular formula is C9H14BrNO. The largest absolute Gasteiger partial charge is 1.00 e. The second-order valence-electron chi connectivity index (χ2n) is 3.16. The van der Waals surface area contributed by atoms with Gasteiger partial charge >= 0.3 is 0 Å². The smallest absolute Gasteiger partial charge is 0.184 e. The van der Waals surface area contributed by atoms with Gasteiger partial charge in [-0.05, 0) is 12.1 Å². The lowest BCUT2D eigenvalue weighted by Crippen LogP contribution is -3.00. The Labute approximate surface area is 83.8 Å². The summed E-state index contributed by atoms with van der Waals surface area (Å²) < 4.78 is 0.515. The first-order valence-corrected chi connectivity index (χ1v) is 3.66. The Kier molecular flexibility index (Phi) is 4.45. The highest BCUT2D eigenvalue weighted by atomic mass is 79.9. The Hall–Kier alpha value is -0.380. The van der Waals surface area contributed by atoms with E-state index >= 15 is 0 Å². The summed E-state index contributed by atoms with van der Waals surface area (Å²) in [6, 6.07) is 9.95. The summed E-state index contributed by atoms with van der Waals surface area (Å²) in [7, 11) is 3.94. The van der Waals surface area contributed by atoms with E-state index in [1.54, 1.807) is 0 Å². The molecule has 0 aliphatic rings. The molecule has 68 valence electrons. The van der Waals surface area contributed by atoms with Gasteiger partial charge in [0.2, 0.25) is 0 Å². The molecule has 0 atom stereocenters. The molecule has 0 saturated heterocycles. The highest BCUT2D eigenvalue weighted by Gasteiger charge is 2.15. The zero-order valence-electron chi connectivity index (χ0n) is 7.37. The number of aliphatic hydroxyl groups excluding tert-OH is 1. The zero-order chi connectivity index (χ0) is 8.32. The van der Waals surface area contributed by atoms with Crippen molar-refractivity contribution in [2.75, 3.05) is 20.8 Å². The van der Waals surface area contributed by atoms with Crippen LogP contribution in [0, 0.1) is 0 Å². The molecule has 0 aromatic heterocycles. The Morgan fingerprint density at radius 2 is 1.67 bits per heavy atom. The number of quaternary nitrogens is 1. The molecule has 1 rings (SSSR count). The van der Waals surface area contributed by atoms with Gasteiger partial charge in [-0.3, -0.25) is 4.48 Å². The van der Waals surface area contributed by atoms with Gasteiger partial charge < -0.3 is 22.1 Å². The number of hydrogen-bond donors (Lipinski definition) is 1. The van der Waals surface area contributed by atoms with Gasteiger partial charge in [0, 0.05) is 0 Å². The molecule has 0 aliphatic heterocycles. The number of rotatable bonds is 2. The second kappa shape index (κ2) is 4.60. The van der Waals surface area contributed by atoms with E-state index in [0.29, 0.717) is 4.48 Å². The third-order valence-electron chi connectivity index (χ3n) is 1.81. The Morgan fingerprint density at radius 1 is 1.17 bits per heavy atom. The van der Waals surface area contributed by atoms with E-state index < -0.39 is 0 Å². The lowest BCUT2D eigenvalue weighted by atomic mass is 10.3. The molecule has 0 aliphatic carbocycles. The minimum atomic E-state index is 0. The maximum atomic E-state index is 9.02. The molecule has 0 saturated carbocycles. The molecule has 0 radical (unpaired) electrons. The lowest BCUT2D eigenvalue weighted by molar-refractivity contribution is -0.00000327. The molecule has 12 heavy (non-hydrogen) atoms. The van der Waals surface area contributed by atoms with Gasteiger partial charge in [0.05, 0.1) is 14.1 Å². The van der Waals surface area contributed by atoms with Crippen molar-refractivity contribution in [2.45, 2.75) is 0 Å². The number of halogens is 1. The van der Waals surface area contributed by atoms with E-state index in [1.165, 1.54) is 0 Å². The Bertz CT molecular complexity index is 223. The van der Waals surface area contributed by atoms with E-state index in [0.717, 1.165) is 5.69 Å². The molecule has 0 bridgehead atoms. The predicted octanol–water partition coefficient (Wildman–Crippen LogP) is -1.79. The fraction of sp³-hybridized carbons (Fsp3) is 0.333. The standard InChI is InChI=1S/C9H14NO.BrH/c1-10(2,8-11)9-6-4-3-5-7-9;/h3-7,11H,8H2,1-2H3;1H/q+1;/p-1. The van der Waals surface area contributed by atoms with Crippen molar-refractivity contribution in [3.63, 3.8) is 0 Å². The maximum absolute atomic E-state index is 9.02. The van der Waals surface area contributed by atoms with Gasteiger partial charge in [-0.25, -0.2) is 0 Å². The zero-order valence-corrected chi connectivity index (χ0v) is 8.95. The molecule has 0 spiro atoms. The van der Waals surface area contributed by atoms with Crippen LogP contribution in [-0.2, 0) is 0 Å². The van der Waals surface area contributed by atoms with Gasteiger partial charge in [-0.2, -0.15) is 0 Å². The third-order valence-corrected chi connectivity index (χ3v) is 1.81. The van der Waals surface area contributed by atoms with Gasteiger partial charge in [0.25, 0.3) is 0 Å². The maximum Gasteiger partial charge on any atom is 0.184 e. The van der Waals surface area contributed by atoms with Crippen molar-refractivity contribution in [2.24, 2.45) is 0 Å². The number of benzene rings is 1.